The molecule has 4 rings (SSSR count). The van der Waals surface area contributed by atoms with Crippen molar-refractivity contribution >= 4 is 33.6 Å². The van der Waals surface area contributed by atoms with E-state index in [9.17, 15) is 31.1 Å². The van der Waals surface area contributed by atoms with Gasteiger partial charge in [-0.05, 0) is 48.0 Å². The highest BCUT2D eigenvalue weighted by atomic mass is 79.9. The molecule has 0 aliphatic carbocycles. The molecule has 0 aliphatic rings. The number of nitrogens with one attached hydrogen (secondary N) is 1. The molecule has 1 heterocycles. The van der Waals surface area contributed by atoms with Crippen molar-refractivity contribution in [1.82, 2.24) is 20.1 Å². The molecule has 0 unspecified atom stereocenters. The quantitative estimate of drug-likeness (QED) is 0.175. The predicted octanol–water partition coefficient (Wildman–Crippen LogP) is 7.29. The van der Waals surface area contributed by atoms with E-state index < -0.39 is 35.0 Å². The number of halogens is 7. The third-order valence-electron chi connectivity index (χ3n) is 5.29. The van der Waals surface area contributed by atoms with Crippen molar-refractivity contribution in [1.29, 1.82) is 0 Å². The van der Waals surface area contributed by atoms with Crippen molar-refractivity contribution in [2.24, 2.45) is 0 Å². The Morgan fingerprint density at radius 2 is 1.61 bits per heavy atom. The topological polar surface area (TPSA) is 59.8 Å². The highest BCUT2D eigenvalue weighted by molar-refractivity contribution is 9.10. The van der Waals surface area contributed by atoms with Crippen molar-refractivity contribution in [3.8, 4) is 5.69 Å². The van der Waals surface area contributed by atoms with Crippen molar-refractivity contribution < 1.29 is 31.1 Å². The number of hydrogen-bond donors (Lipinski definition) is 1. The van der Waals surface area contributed by atoms with Gasteiger partial charge in [0.2, 0.25) is 0 Å². The molecule has 4 aromatic rings. The van der Waals surface area contributed by atoms with Gasteiger partial charge in [-0.25, -0.2) is 0 Å². The van der Waals surface area contributed by atoms with Gasteiger partial charge in [0.15, 0.2) is 11.0 Å². The zero-order chi connectivity index (χ0) is 27.5. The van der Waals surface area contributed by atoms with E-state index in [-0.39, 0.29) is 18.1 Å². The van der Waals surface area contributed by atoms with Crippen LogP contribution >= 0.6 is 27.7 Å². The molecule has 0 fully saturated rings. The van der Waals surface area contributed by atoms with Gasteiger partial charge < -0.3 is 5.32 Å². The van der Waals surface area contributed by atoms with Crippen molar-refractivity contribution in [3.05, 3.63) is 105 Å². The Morgan fingerprint density at radius 1 is 0.895 bits per heavy atom. The van der Waals surface area contributed by atoms with Gasteiger partial charge in [-0.2, -0.15) is 26.3 Å². The summed E-state index contributed by atoms with van der Waals surface area (Å²) >= 11 is 4.47. The number of benzene rings is 3. The fraction of sp³-hybridized carbons (Fsp3) is 0.160. The van der Waals surface area contributed by atoms with E-state index >= 15 is 0 Å². The number of nitrogens with zero attached hydrogens (tertiary/aromatic N) is 3. The van der Waals surface area contributed by atoms with E-state index in [4.69, 9.17) is 0 Å². The van der Waals surface area contributed by atoms with Crippen molar-refractivity contribution in [3.63, 3.8) is 0 Å². The maximum Gasteiger partial charge on any atom is 0.417 e. The summed E-state index contributed by atoms with van der Waals surface area (Å²) in [7, 11) is 0. The summed E-state index contributed by atoms with van der Waals surface area (Å²) in [5.74, 6) is -0.581. The van der Waals surface area contributed by atoms with Gasteiger partial charge in [0, 0.05) is 15.9 Å². The normalized spacial score (nSPS) is 12.0. The molecule has 1 N–H and O–H groups in total. The van der Waals surface area contributed by atoms with Crippen LogP contribution in [0.4, 0.5) is 26.3 Å². The minimum atomic E-state index is -4.71. The van der Waals surface area contributed by atoms with E-state index in [1.165, 1.54) is 18.2 Å². The molecule has 0 saturated heterocycles. The molecule has 38 heavy (non-hydrogen) atoms. The number of thioether (sulfide) groups is 1. The van der Waals surface area contributed by atoms with E-state index in [1.807, 2.05) is 0 Å². The van der Waals surface area contributed by atoms with Crippen LogP contribution in [0, 0.1) is 0 Å². The Bertz CT molecular complexity index is 1440. The SMILES string of the molecule is O=C(NCc1nnc(SCc2cccc(C(F)(F)F)c2)n1-c1ccc(Br)cc1)c1ccccc1C(F)(F)F. The fourth-order valence-electron chi connectivity index (χ4n) is 3.53. The lowest BCUT2D eigenvalue weighted by Gasteiger charge is -2.14. The number of amides is 1. The smallest absolute Gasteiger partial charge is 0.345 e. The molecular formula is C25H17BrF6N4OS. The summed E-state index contributed by atoms with van der Waals surface area (Å²) in [5, 5.41) is 11.0. The zero-order valence-electron chi connectivity index (χ0n) is 19.1. The van der Waals surface area contributed by atoms with E-state index in [1.54, 1.807) is 34.9 Å². The molecule has 0 radical (unpaired) electrons. The van der Waals surface area contributed by atoms with Crippen LogP contribution in [-0.2, 0) is 24.7 Å². The van der Waals surface area contributed by atoms with Crippen LogP contribution in [0.3, 0.4) is 0 Å². The summed E-state index contributed by atoms with van der Waals surface area (Å²) in [5.41, 5.74) is -1.37. The Balaban J connectivity index is 1.59. The zero-order valence-corrected chi connectivity index (χ0v) is 21.5. The van der Waals surface area contributed by atoms with Gasteiger partial charge in [0.1, 0.15) is 0 Å². The second-order valence-electron chi connectivity index (χ2n) is 7.92. The van der Waals surface area contributed by atoms with E-state index in [2.05, 4.69) is 31.4 Å². The van der Waals surface area contributed by atoms with E-state index in [0.29, 0.717) is 16.4 Å². The summed E-state index contributed by atoms with van der Waals surface area (Å²) in [6.45, 7) is -0.252. The van der Waals surface area contributed by atoms with Crippen LogP contribution in [0.1, 0.15) is 32.9 Å². The molecule has 5 nitrogen and oxygen atoms in total. The lowest BCUT2D eigenvalue weighted by molar-refractivity contribution is -0.138. The minimum Gasteiger partial charge on any atom is -0.345 e. The lowest BCUT2D eigenvalue weighted by Crippen LogP contribution is -2.27. The third-order valence-corrected chi connectivity index (χ3v) is 6.82. The summed E-state index contributed by atoms with van der Waals surface area (Å²) in [4.78, 5) is 12.6. The third kappa shape index (κ3) is 6.57. The molecule has 0 bridgehead atoms. The first-order valence-electron chi connectivity index (χ1n) is 10.9. The molecule has 3 aromatic carbocycles. The Hall–Kier alpha value is -3.32. The Kier molecular flexibility index (Phi) is 8.16. The molecule has 13 heteroatoms. The number of alkyl halides is 6. The van der Waals surface area contributed by atoms with Gasteiger partial charge in [-0.1, -0.05) is 58.0 Å². The number of rotatable bonds is 7. The lowest BCUT2D eigenvalue weighted by atomic mass is 10.1. The number of hydrogen-bond acceptors (Lipinski definition) is 4. The number of carbonyl (C=O) groups excluding carboxylic acids is 1. The van der Waals surface area contributed by atoms with Gasteiger partial charge in [-0.3, -0.25) is 9.36 Å². The predicted molar refractivity (Wildman–Crippen MR) is 133 cm³/mol. The molecule has 0 atom stereocenters. The second-order valence-corrected chi connectivity index (χ2v) is 9.78. The van der Waals surface area contributed by atoms with Crippen LogP contribution < -0.4 is 5.32 Å². The van der Waals surface area contributed by atoms with Crippen LogP contribution in [0.15, 0.2) is 82.4 Å². The largest absolute Gasteiger partial charge is 0.417 e. The van der Waals surface area contributed by atoms with E-state index in [0.717, 1.165) is 40.5 Å². The molecule has 0 spiro atoms. The first kappa shape index (κ1) is 27.7. The molecule has 1 aromatic heterocycles. The first-order valence-corrected chi connectivity index (χ1v) is 12.6. The van der Waals surface area contributed by atoms with Crippen LogP contribution in [0.2, 0.25) is 0 Å². The Morgan fingerprint density at radius 3 is 2.29 bits per heavy atom. The molecule has 0 saturated carbocycles. The summed E-state index contributed by atoms with van der Waals surface area (Å²) in [6, 6.07) is 16.3. The van der Waals surface area contributed by atoms with Gasteiger partial charge in [0.25, 0.3) is 5.91 Å². The van der Waals surface area contributed by atoms with Gasteiger partial charge >= 0.3 is 12.4 Å². The average Bonchev–Trinajstić information content (AvgIpc) is 3.28. The minimum absolute atomic E-state index is 0.143. The number of carbonyl (C=O) groups is 1. The standard InChI is InChI=1S/C25H17BrF6N4OS/c26-17-8-10-18(11-9-17)36-21(13-33-22(37)19-6-1-2-7-20(19)25(30,31)32)34-35-23(36)38-14-15-4-3-5-16(12-15)24(27,28)29/h1-12H,13-14H2,(H,33,37). The number of aromatic nitrogens is 3. The Labute approximate surface area is 225 Å². The summed E-state index contributed by atoms with van der Waals surface area (Å²) in [6.07, 6.45) is -9.19. The molecule has 1 amide bonds. The van der Waals surface area contributed by atoms with Crippen molar-refractivity contribution in [2.45, 2.75) is 29.8 Å². The highest BCUT2D eigenvalue weighted by Gasteiger charge is 2.35. The highest BCUT2D eigenvalue weighted by Crippen LogP contribution is 2.33. The molecule has 0 aliphatic heterocycles. The fourth-order valence-corrected chi connectivity index (χ4v) is 4.70. The molecular weight excluding hydrogens is 598 g/mol. The summed E-state index contributed by atoms with van der Waals surface area (Å²) < 4.78 is 81.6. The monoisotopic (exact) mass is 614 g/mol. The van der Waals surface area contributed by atoms with Crippen molar-refractivity contribution in [2.75, 3.05) is 0 Å². The van der Waals surface area contributed by atoms with Gasteiger partial charge in [0.05, 0.1) is 23.2 Å². The average molecular weight is 615 g/mol. The first-order chi connectivity index (χ1) is 17.9. The van der Waals surface area contributed by atoms with Crippen LogP contribution in [-0.4, -0.2) is 20.7 Å². The molecule has 198 valence electrons. The maximum atomic E-state index is 13.3. The second kappa shape index (κ2) is 11.2. The van der Waals surface area contributed by atoms with Gasteiger partial charge in [-0.15, -0.1) is 10.2 Å². The van der Waals surface area contributed by atoms with Crippen LogP contribution in [0.5, 0.6) is 0 Å². The maximum absolute atomic E-state index is 13.3. The van der Waals surface area contributed by atoms with Crippen LogP contribution in [0.25, 0.3) is 5.69 Å².